The number of anilines is 1. The Morgan fingerprint density at radius 2 is 1.78 bits per heavy atom. The van der Waals surface area contributed by atoms with Crippen molar-refractivity contribution in [3.8, 4) is 0 Å². The summed E-state index contributed by atoms with van der Waals surface area (Å²) in [4.78, 5) is 12.3. The van der Waals surface area contributed by atoms with Gasteiger partial charge in [-0.1, -0.05) is 24.3 Å². The number of allylic oxidation sites excluding steroid dienone is 2. The highest BCUT2D eigenvalue weighted by molar-refractivity contribution is 5.92. The van der Waals surface area contributed by atoms with E-state index in [0.29, 0.717) is 5.92 Å². The first-order valence-electron chi connectivity index (χ1n) is 12.1. The fourth-order valence-electron chi connectivity index (χ4n) is 6.22. The van der Waals surface area contributed by atoms with Crippen LogP contribution in [0.25, 0.3) is 21.3 Å². The molecule has 0 radical (unpaired) electrons. The summed E-state index contributed by atoms with van der Waals surface area (Å²) in [5, 5.41) is 1.34. The van der Waals surface area contributed by atoms with Crippen LogP contribution in [0, 0.1) is 12.5 Å². The maximum absolute atomic E-state index is 7.35. The molecule has 3 aromatic rings. The second-order valence-electron chi connectivity index (χ2n) is 9.56. The largest absolute Gasteiger partial charge is 0.368 e. The monoisotopic (exact) mass is 422 g/mol. The first-order chi connectivity index (χ1) is 15.8. The number of benzene rings is 2. The summed E-state index contributed by atoms with van der Waals surface area (Å²) in [7, 11) is 0. The summed E-state index contributed by atoms with van der Waals surface area (Å²) >= 11 is 0. The van der Waals surface area contributed by atoms with Gasteiger partial charge in [-0.05, 0) is 79.0 Å². The highest BCUT2D eigenvalue weighted by Gasteiger charge is 2.31. The van der Waals surface area contributed by atoms with E-state index < -0.39 is 0 Å². The molecule has 6 rings (SSSR count). The van der Waals surface area contributed by atoms with Gasteiger partial charge in [0.25, 0.3) is 0 Å². The number of aromatic nitrogens is 1. The number of H-pyrrole nitrogens is 1. The van der Waals surface area contributed by atoms with E-state index in [1.54, 1.807) is 0 Å². The molecular formula is C28H30N4. The Balaban J connectivity index is 1.07. The van der Waals surface area contributed by atoms with E-state index in [0.717, 1.165) is 44.3 Å². The van der Waals surface area contributed by atoms with Crippen molar-refractivity contribution in [3.63, 3.8) is 0 Å². The zero-order valence-electron chi connectivity index (χ0n) is 18.6. The third kappa shape index (κ3) is 3.42. The fraction of sp³-hybridized carbons (Fsp3) is 0.393. The zero-order valence-corrected chi connectivity index (χ0v) is 18.6. The SMILES string of the molecule is [C-]#[N+]c1ccc2c(c1)C(C1CCC(N3CCN(c4cccc5[nH]ccc45)CC3)CC1)=CC2. The van der Waals surface area contributed by atoms with Crippen molar-refractivity contribution in [1.82, 2.24) is 9.88 Å². The lowest BCUT2D eigenvalue weighted by Gasteiger charge is -2.43. The summed E-state index contributed by atoms with van der Waals surface area (Å²) in [6.45, 7) is 11.9. The zero-order chi connectivity index (χ0) is 21.5. The number of rotatable bonds is 3. The van der Waals surface area contributed by atoms with E-state index in [9.17, 15) is 0 Å². The number of nitrogens with one attached hydrogen (secondary N) is 1. The molecule has 2 heterocycles. The number of nitrogens with zero attached hydrogens (tertiary/aromatic N) is 3. The van der Waals surface area contributed by atoms with Crippen molar-refractivity contribution < 1.29 is 0 Å². The Morgan fingerprint density at radius 1 is 0.938 bits per heavy atom. The molecule has 1 aromatic heterocycles. The first kappa shape index (κ1) is 19.6. The van der Waals surface area contributed by atoms with Gasteiger partial charge < -0.3 is 9.88 Å². The Bertz CT molecular complexity index is 1200. The van der Waals surface area contributed by atoms with Gasteiger partial charge in [-0.2, -0.15) is 0 Å². The molecule has 4 heteroatoms. The van der Waals surface area contributed by atoms with Gasteiger partial charge in [-0.25, -0.2) is 4.85 Å². The van der Waals surface area contributed by atoms with E-state index in [2.05, 4.69) is 62.1 Å². The Morgan fingerprint density at radius 3 is 2.59 bits per heavy atom. The minimum atomic E-state index is 0.668. The molecule has 1 saturated carbocycles. The Kier molecular flexibility index (Phi) is 5.00. The molecule has 2 aromatic carbocycles. The fourth-order valence-corrected chi connectivity index (χ4v) is 6.22. The van der Waals surface area contributed by atoms with Crippen molar-refractivity contribution in [2.75, 3.05) is 31.1 Å². The van der Waals surface area contributed by atoms with Crippen LogP contribution in [-0.2, 0) is 6.42 Å². The van der Waals surface area contributed by atoms with Crippen LogP contribution in [0.2, 0.25) is 0 Å². The Labute approximate surface area is 190 Å². The van der Waals surface area contributed by atoms with Crippen LogP contribution in [0.3, 0.4) is 0 Å². The van der Waals surface area contributed by atoms with Gasteiger partial charge in [0.05, 0.1) is 6.57 Å². The topological polar surface area (TPSA) is 26.6 Å². The van der Waals surface area contributed by atoms with Gasteiger partial charge in [0.1, 0.15) is 0 Å². The van der Waals surface area contributed by atoms with Gasteiger partial charge in [-0.15, -0.1) is 0 Å². The van der Waals surface area contributed by atoms with Crippen LogP contribution >= 0.6 is 0 Å². The second-order valence-corrected chi connectivity index (χ2v) is 9.56. The van der Waals surface area contributed by atoms with E-state index in [1.807, 2.05) is 12.3 Å². The predicted octanol–water partition coefficient (Wildman–Crippen LogP) is 6.04. The second kappa shape index (κ2) is 8.15. The molecule has 2 fully saturated rings. The average Bonchev–Trinajstić information content (AvgIpc) is 3.51. The van der Waals surface area contributed by atoms with E-state index >= 15 is 0 Å². The van der Waals surface area contributed by atoms with E-state index in [-0.39, 0.29) is 0 Å². The summed E-state index contributed by atoms with van der Waals surface area (Å²) in [5.74, 6) is 0.668. The predicted molar refractivity (Wildman–Crippen MR) is 132 cm³/mol. The number of piperazine rings is 1. The molecule has 0 unspecified atom stereocenters. The van der Waals surface area contributed by atoms with E-state index in [1.165, 1.54) is 59.0 Å². The molecule has 3 aliphatic rings. The van der Waals surface area contributed by atoms with Gasteiger partial charge in [0.2, 0.25) is 0 Å². The van der Waals surface area contributed by atoms with Gasteiger partial charge in [0, 0.05) is 55.0 Å². The third-order valence-corrected chi connectivity index (χ3v) is 7.96. The molecule has 2 aliphatic carbocycles. The molecule has 0 atom stereocenters. The summed E-state index contributed by atoms with van der Waals surface area (Å²) in [5.41, 5.74) is 7.66. The molecule has 1 saturated heterocycles. The normalized spacial score (nSPS) is 23.7. The van der Waals surface area contributed by atoms with Crippen LogP contribution in [0.15, 0.2) is 54.7 Å². The van der Waals surface area contributed by atoms with Crippen LogP contribution in [-0.4, -0.2) is 42.1 Å². The molecule has 0 bridgehead atoms. The van der Waals surface area contributed by atoms with Gasteiger partial charge >= 0.3 is 0 Å². The smallest absolute Gasteiger partial charge is 0.187 e. The van der Waals surface area contributed by atoms with Crippen molar-refractivity contribution >= 4 is 27.9 Å². The van der Waals surface area contributed by atoms with Gasteiger partial charge in [0.15, 0.2) is 5.69 Å². The van der Waals surface area contributed by atoms with Crippen molar-refractivity contribution in [2.24, 2.45) is 5.92 Å². The molecule has 0 spiro atoms. The maximum atomic E-state index is 7.35. The minimum absolute atomic E-state index is 0.668. The maximum Gasteiger partial charge on any atom is 0.187 e. The lowest BCUT2D eigenvalue weighted by atomic mass is 9.79. The molecular weight excluding hydrogens is 392 g/mol. The molecule has 1 aliphatic heterocycles. The molecule has 162 valence electrons. The lowest BCUT2D eigenvalue weighted by Crippen LogP contribution is -2.51. The summed E-state index contributed by atoms with van der Waals surface area (Å²) < 4.78 is 0. The van der Waals surface area contributed by atoms with Gasteiger partial charge in [-0.3, -0.25) is 4.90 Å². The van der Waals surface area contributed by atoms with Crippen LogP contribution < -0.4 is 4.90 Å². The van der Waals surface area contributed by atoms with E-state index in [4.69, 9.17) is 6.57 Å². The summed E-state index contributed by atoms with van der Waals surface area (Å²) in [6.07, 6.45) is 10.7. The van der Waals surface area contributed by atoms with Crippen molar-refractivity contribution in [3.05, 3.63) is 77.3 Å². The molecule has 32 heavy (non-hydrogen) atoms. The summed E-state index contributed by atoms with van der Waals surface area (Å²) in [6, 6.07) is 15.8. The highest BCUT2D eigenvalue weighted by atomic mass is 15.3. The van der Waals surface area contributed by atoms with Crippen LogP contribution in [0.5, 0.6) is 0 Å². The van der Waals surface area contributed by atoms with Crippen LogP contribution in [0.4, 0.5) is 11.4 Å². The molecule has 1 N–H and O–H groups in total. The molecule has 4 nitrogen and oxygen atoms in total. The van der Waals surface area contributed by atoms with Crippen molar-refractivity contribution in [2.45, 2.75) is 38.1 Å². The number of hydrogen-bond acceptors (Lipinski definition) is 2. The first-order valence-corrected chi connectivity index (χ1v) is 12.1. The Hall–Kier alpha value is -3.03. The minimum Gasteiger partial charge on any atom is -0.368 e. The molecule has 0 amide bonds. The number of fused-ring (bicyclic) bond motifs is 2. The lowest BCUT2D eigenvalue weighted by molar-refractivity contribution is 0.139. The third-order valence-electron chi connectivity index (χ3n) is 7.96. The van der Waals surface area contributed by atoms with Crippen molar-refractivity contribution in [1.29, 1.82) is 0 Å². The highest BCUT2D eigenvalue weighted by Crippen LogP contribution is 2.42. The average molecular weight is 423 g/mol. The number of aromatic amines is 1. The quantitative estimate of drug-likeness (QED) is 0.521. The number of hydrogen-bond donors (Lipinski definition) is 1. The van der Waals surface area contributed by atoms with Crippen LogP contribution in [0.1, 0.15) is 36.8 Å². The standard InChI is InChI=1S/C28H30N4/c1-29-22-9-5-21-8-12-24(26(21)19-22)20-6-10-23(11-7-20)31-15-17-32(18-16-31)28-4-2-3-27-25(28)13-14-30-27/h2-5,9,12-14,19-20,23,30H,6-8,10-11,15-18H2.